The molecule has 3 atom stereocenters. The van der Waals surface area contributed by atoms with Crippen molar-refractivity contribution in [2.75, 3.05) is 32.1 Å². The molecule has 0 saturated carbocycles. The van der Waals surface area contributed by atoms with Crippen molar-refractivity contribution in [2.45, 2.75) is 68.7 Å². The van der Waals surface area contributed by atoms with Gasteiger partial charge in [-0.25, -0.2) is 9.59 Å². The van der Waals surface area contributed by atoms with Gasteiger partial charge in [-0.2, -0.15) is 11.8 Å². The summed E-state index contributed by atoms with van der Waals surface area (Å²) >= 11 is 1.86. The average molecular weight is 528 g/mol. The first-order valence-corrected chi connectivity index (χ1v) is 13.2. The van der Waals surface area contributed by atoms with Gasteiger partial charge in [0.2, 0.25) is 11.8 Å². The van der Waals surface area contributed by atoms with E-state index in [0.29, 0.717) is 29.8 Å². The number of unbranched alkanes of at least 4 members (excludes halogenated alkanes) is 1. The molecule has 0 aromatic heterocycles. The molecule has 200 valence electrons. The molecule has 3 aliphatic rings. The van der Waals surface area contributed by atoms with E-state index in [9.17, 15) is 28.8 Å². The van der Waals surface area contributed by atoms with Gasteiger partial charge in [-0.1, -0.05) is 6.42 Å². The second-order valence-corrected chi connectivity index (χ2v) is 10.00. The maximum atomic E-state index is 12.0. The monoisotopic (exact) mass is 527 g/mol. The topological polar surface area (TPSA) is 172 Å². The van der Waals surface area contributed by atoms with E-state index in [1.165, 1.54) is 0 Å². The van der Waals surface area contributed by atoms with Crippen LogP contribution in [0.25, 0.3) is 0 Å². The van der Waals surface area contributed by atoms with Crippen molar-refractivity contribution in [1.82, 2.24) is 26.3 Å². The number of hydroxylamine groups is 2. The lowest BCUT2D eigenvalue weighted by Crippen LogP contribution is -2.36. The van der Waals surface area contributed by atoms with Crippen LogP contribution in [0.4, 0.5) is 4.79 Å². The number of nitrogens with one attached hydrogen (secondary N) is 4. The van der Waals surface area contributed by atoms with Gasteiger partial charge in [0.05, 0.1) is 31.7 Å². The van der Waals surface area contributed by atoms with Gasteiger partial charge < -0.3 is 30.8 Å². The first-order chi connectivity index (χ1) is 17.3. The van der Waals surface area contributed by atoms with Crippen LogP contribution in [-0.2, 0) is 33.5 Å². The summed E-state index contributed by atoms with van der Waals surface area (Å²) in [6, 6.07) is 0.297. The van der Waals surface area contributed by atoms with Crippen molar-refractivity contribution < 1.29 is 38.3 Å². The number of hydrogen-bond acceptors (Lipinski definition) is 9. The van der Waals surface area contributed by atoms with Crippen molar-refractivity contribution >= 4 is 47.4 Å². The predicted molar refractivity (Wildman–Crippen MR) is 127 cm³/mol. The number of rotatable bonds is 15. The van der Waals surface area contributed by atoms with E-state index >= 15 is 0 Å². The second-order valence-electron chi connectivity index (χ2n) is 8.73. The van der Waals surface area contributed by atoms with E-state index in [-0.39, 0.29) is 68.8 Å². The Kier molecular flexibility index (Phi) is 10.8. The van der Waals surface area contributed by atoms with Gasteiger partial charge in [-0.05, 0) is 12.8 Å². The molecule has 0 aliphatic carbocycles. The zero-order valence-electron chi connectivity index (χ0n) is 20.0. The highest BCUT2D eigenvalue weighted by atomic mass is 32.2. The molecule has 0 spiro atoms. The van der Waals surface area contributed by atoms with Crippen LogP contribution >= 0.6 is 11.8 Å². The van der Waals surface area contributed by atoms with Crippen LogP contribution in [0.3, 0.4) is 0 Å². The van der Waals surface area contributed by atoms with Gasteiger partial charge >= 0.3 is 12.0 Å². The number of fused-ring (bicyclic) bond motifs is 1. The summed E-state index contributed by atoms with van der Waals surface area (Å²) in [5.74, 6) is -1.24. The first kappa shape index (κ1) is 27.7. The molecule has 0 radical (unpaired) electrons. The van der Waals surface area contributed by atoms with Crippen molar-refractivity contribution in [3.8, 4) is 0 Å². The minimum absolute atomic E-state index is 0.00934. The lowest BCUT2D eigenvalue weighted by Gasteiger charge is -2.16. The predicted octanol–water partition coefficient (Wildman–Crippen LogP) is -0.651. The normalized spacial score (nSPS) is 22.7. The summed E-state index contributed by atoms with van der Waals surface area (Å²) in [4.78, 5) is 74.3. The lowest BCUT2D eigenvalue weighted by atomic mass is 10.0. The molecule has 0 unspecified atom stereocenters. The Morgan fingerprint density at radius 1 is 0.917 bits per heavy atom. The molecule has 6 amide bonds. The molecular formula is C22H33N5O8S. The van der Waals surface area contributed by atoms with Gasteiger partial charge in [-0.3, -0.25) is 19.2 Å². The Labute approximate surface area is 213 Å². The molecule has 0 aromatic carbocycles. The number of amides is 6. The lowest BCUT2D eigenvalue weighted by molar-refractivity contribution is -0.198. The molecule has 0 bridgehead atoms. The van der Waals surface area contributed by atoms with E-state index in [1.807, 2.05) is 11.8 Å². The van der Waals surface area contributed by atoms with Crippen LogP contribution in [-0.4, -0.2) is 90.1 Å². The Hall–Kier alpha value is -2.87. The van der Waals surface area contributed by atoms with E-state index in [0.717, 1.165) is 25.0 Å². The summed E-state index contributed by atoms with van der Waals surface area (Å²) in [5, 5.41) is 12.2. The average Bonchev–Trinajstić information content (AvgIpc) is 3.49. The summed E-state index contributed by atoms with van der Waals surface area (Å²) in [6.07, 6.45) is 3.04. The van der Waals surface area contributed by atoms with Crippen molar-refractivity contribution in [2.24, 2.45) is 0 Å². The number of thioether (sulfide) groups is 1. The third-order valence-corrected chi connectivity index (χ3v) is 7.48. The van der Waals surface area contributed by atoms with Crippen LogP contribution in [0.15, 0.2) is 0 Å². The number of nitrogens with zero attached hydrogens (tertiary/aromatic N) is 1. The minimum Gasteiger partial charge on any atom is -0.380 e. The summed E-state index contributed by atoms with van der Waals surface area (Å²) in [7, 11) is 0. The van der Waals surface area contributed by atoms with Crippen LogP contribution in [0.2, 0.25) is 0 Å². The van der Waals surface area contributed by atoms with Crippen LogP contribution in [0.5, 0.6) is 0 Å². The molecule has 3 rings (SSSR count). The van der Waals surface area contributed by atoms with Gasteiger partial charge in [0.25, 0.3) is 11.8 Å². The Morgan fingerprint density at radius 2 is 1.58 bits per heavy atom. The third-order valence-electron chi connectivity index (χ3n) is 5.97. The third kappa shape index (κ3) is 8.66. The maximum absolute atomic E-state index is 12.0. The summed E-state index contributed by atoms with van der Waals surface area (Å²) in [5.41, 5.74) is 0. The second kappa shape index (κ2) is 14.0. The standard InChI is InChI=1S/C22H33N5O8S/c28-16(4-2-1-3-15-21-14(13-36-15)25-22(33)26-21)23-9-10-24-17(29)7-11-34-12-8-20(32)35-27-18(30)5-6-19(27)31/h14-15,21H,1-13H2,(H,23,28)(H,24,29)(H2,25,26,33)/t14-,15-,21-/m0/s1. The van der Waals surface area contributed by atoms with Crippen LogP contribution < -0.4 is 21.3 Å². The smallest absolute Gasteiger partial charge is 0.335 e. The zero-order valence-corrected chi connectivity index (χ0v) is 20.9. The van der Waals surface area contributed by atoms with Crippen molar-refractivity contribution in [1.29, 1.82) is 0 Å². The molecule has 4 N–H and O–H groups in total. The minimum atomic E-state index is -0.760. The molecule has 3 heterocycles. The molecular weight excluding hydrogens is 494 g/mol. The highest BCUT2D eigenvalue weighted by Gasteiger charge is 2.42. The van der Waals surface area contributed by atoms with Gasteiger partial charge in [0.15, 0.2) is 0 Å². The molecule has 0 aromatic rings. The van der Waals surface area contributed by atoms with Gasteiger partial charge in [0, 0.05) is 49.8 Å². The molecule has 3 aliphatic heterocycles. The fourth-order valence-electron chi connectivity index (χ4n) is 4.08. The van der Waals surface area contributed by atoms with E-state index in [1.54, 1.807) is 0 Å². The summed E-state index contributed by atoms with van der Waals surface area (Å²) in [6.45, 7) is 0.701. The Morgan fingerprint density at radius 3 is 2.31 bits per heavy atom. The Balaban J connectivity index is 1.11. The molecule has 13 nitrogen and oxygen atoms in total. The van der Waals surface area contributed by atoms with Crippen LogP contribution in [0, 0.1) is 0 Å². The maximum Gasteiger partial charge on any atom is 0.335 e. The fourth-order valence-corrected chi connectivity index (χ4v) is 5.63. The number of hydrogen-bond donors (Lipinski definition) is 4. The van der Waals surface area contributed by atoms with Gasteiger partial charge in [-0.15, -0.1) is 5.06 Å². The fraction of sp³-hybridized carbons (Fsp3) is 0.727. The summed E-state index contributed by atoms with van der Waals surface area (Å²) < 4.78 is 5.21. The molecule has 36 heavy (non-hydrogen) atoms. The molecule has 3 fully saturated rings. The quantitative estimate of drug-likeness (QED) is 0.123. The number of carbonyl (C=O) groups is 6. The molecule has 3 saturated heterocycles. The van der Waals surface area contributed by atoms with Crippen molar-refractivity contribution in [3.63, 3.8) is 0 Å². The van der Waals surface area contributed by atoms with E-state index in [2.05, 4.69) is 21.3 Å². The SMILES string of the molecule is O=C(CCCC[C@@H]1SC[C@@H]2NC(=O)N[C@@H]21)NCCNC(=O)CCOCCC(=O)ON1C(=O)CCC1=O. The molecule has 14 heteroatoms. The number of urea groups is 1. The first-order valence-electron chi connectivity index (χ1n) is 12.2. The number of ether oxygens (including phenoxy) is 1. The van der Waals surface area contributed by atoms with E-state index < -0.39 is 17.8 Å². The largest absolute Gasteiger partial charge is 0.380 e. The highest BCUT2D eigenvalue weighted by molar-refractivity contribution is 8.00. The zero-order chi connectivity index (χ0) is 25.9. The number of carbonyl (C=O) groups excluding carboxylic acids is 6. The van der Waals surface area contributed by atoms with Gasteiger partial charge in [0.1, 0.15) is 0 Å². The number of imide groups is 1. The van der Waals surface area contributed by atoms with Crippen LogP contribution in [0.1, 0.15) is 51.4 Å². The Bertz CT molecular complexity index is 840. The van der Waals surface area contributed by atoms with E-state index in [4.69, 9.17) is 9.57 Å². The highest BCUT2D eigenvalue weighted by Crippen LogP contribution is 2.33. The van der Waals surface area contributed by atoms with Crippen molar-refractivity contribution in [3.05, 3.63) is 0 Å².